The minimum absolute atomic E-state index is 0.223. The van der Waals surface area contributed by atoms with E-state index in [1.807, 2.05) is 7.05 Å². The Labute approximate surface area is 123 Å². The van der Waals surface area contributed by atoms with E-state index in [-0.39, 0.29) is 6.61 Å². The van der Waals surface area contributed by atoms with E-state index in [9.17, 15) is 0 Å². The lowest BCUT2D eigenvalue weighted by Gasteiger charge is -2.21. The number of nitrogens with one attached hydrogen (secondary N) is 1. The average molecular weight is 282 g/mol. The van der Waals surface area contributed by atoms with Crippen molar-refractivity contribution in [2.24, 2.45) is 0 Å². The van der Waals surface area contributed by atoms with Gasteiger partial charge in [0.25, 0.3) is 0 Å². The first kappa shape index (κ1) is 17.1. The lowest BCUT2D eigenvalue weighted by Crippen LogP contribution is -2.39. The highest BCUT2D eigenvalue weighted by Gasteiger charge is 2.07. The van der Waals surface area contributed by atoms with Crippen LogP contribution in [0, 0.1) is 20.8 Å². The molecule has 1 heterocycles. The molecule has 0 aliphatic rings. The minimum Gasteiger partial charge on any atom is -0.395 e. The average Bonchev–Trinajstić information content (AvgIpc) is 2.62. The van der Waals surface area contributed by atoms with E-state index >= 15 is 0 Å². The van der Waals surface area contributed by atoms with Gasteiger partial charge in [-0.2, -0.15) is 5.10 Å². The largest absolute Gasteiger partial charge is 0.395 e. The van der Waals surface area contributed by atoms with Gasteiger partial charge in [0, 0.05) is 31.4 Å². The summed E-state index contributed by atoms with van der Waals surface area (Å²) < 4.78 is 2.11. The van der Waals surface area contributed by atoms with Crippen molar-refractivity contribution >= 4 is 0 Å². The first-order valence-electron chi connectivity index (χ1n) is 7.49. The van der Waals surface area contributed by atoms with Gasteiger partial charge in [-0.05, 0) is 53.3 Å². The quantitative estimate of drug-likeness (QED) is 0.666. The van der Waals surface area contributed by atoms with Crippen LogP contribution in [0.4, 0.5) is 0 Å². The maximum atomic E-state index is 8.87. The summed E-state index contributed by atoms with van der Waals surface area (Å²) in [6.45, 7) is 12.4. The molecule has 1 rings (SSSR count). The highest BCUT2D eigenvalue weighted by atomic mass is 16.3. The zero-order valence-electron chi connectivity index (χ0n) is 13.6. The van der Waals surface area contributed by atoms with Gasteiger partial charge in [0.05, 0.1) is 12.3 Å². The fraction of sp³-hybridized carbons (Fsp3) is 0.800. The number of aryl methyl sites for hydroxylation is 2. The second-order valence-corrected chi connectivity index (χ2v) is 5.71. The standard InChI is InChI=1S/C15H30N4O/c1-12(11-18(5)9-10-20)16-7-6-8-19-15(4)13(2)14(3)17-19/h12,16,20H,6-11H2,1-5H3. The summed E-state index contributed by atoms with van der Waals surface area (Å²) in [7, 11) is 2.03. The van der Waals surface area contributed by atoms with E-state index in [1.165, 1.54) is 11.3 Å². The van der Waals surface area contributed by atoms with Crippen LogP contribution in [0.5, 0.6) is 0 Å². The normalized spacial score (nSPS) is 13.2. The summed E-state index contributed by atoms with van der Waals surface area (Å²) in [4.78, 5) is 2.14. The zero-order chi connectivity index (χ0) is 15.1. The topological polar surface area (TPSA) is 53.3 Å². The summed E-state index contributed by atoms with van der Waals surface area (Å²) in [5, 5.41) is 16.9. The van der Waals surface area contributed by atoms with Crippen LogP contribution < -0.4 is 5.32 Å². The van der Waals surface area contributed by atoms with E-state index < -0.39 is 0 Å². The molecule has 0 bridgehead atoms. The molecule has 0 aliphatic carbocycles. The molecule has 20 heavy (non-hydrogen) atoms. The molecule has 0 amide bonds. The first-order chi connectivity index (χ1) is 9.45. The Hall–Kier alpha value is -0.910. The van der Waals surface area contributed by atoms with E-state index in [4.69, 9.17) is 5.11 Å². The maximum Gasteiger partial charge on any atom is 0.0625 e. The number of hydrogen-bond donors (Lipinski definition) is 2. The van der Waals surface area contributed by atoms with Crippen LogP contribution in [-0.4, -0.2) is 59.1 Å². The Kier molecular flexibility index (Phi) is 7.19. The minimum atomic E-state index is 0.223. The predicted molar refractivity (Wildman–Crippen MR) is 83.1 cm³/mol. The van der Waals surface area contributed by atoms with Crippen molar-refractivity contribution in [2.75, 3.05) is 33.3 Å². The van der Waals surface area contributed by atoms with Crippen LogP contribution in [0.3, 0.4) is 0 Å². The zero-order valence-corrected chi connectivity index (χ0v) is 13.6. The van der Waals surface area contributed by atoms with Gasteiger partial charge >= 0.3 is 0 Å². The molecule has 1 unspecified atom stereocenters. The third-order valence-corrected chi connectivity index (χ3v) is 3.85. The molecule has 0 spiro atoms. The number of aromatic nitrogens is 2. The van der Waals surface area contributed by atoms with E-state index in [2.05, 4.69) is 47.7 Å². The summed E-state index contributed by atoms with van der Waals surface area (Å²) in [5.41, 5.74) is 3.71. The molecule has 1 atom stereocenters. The summed E-state index contributed by atoms with van der Waals surface area (Å²) in [6.07, 6.45) is 1.08. The van der Waals surface area contributed by atoms with E-state index in [1.54, 1.807) is 0 Å². The number of hydrogen-bond acceptors (Lipinski definition) is 4. The molecule has 0 aliphatic heterocycles. The second kappa shape index (κ2) is 8.39. The van der Waals surface area contributed by atoms with Crippen molar-refractivity contribution in [3.63, 3.8) is 0 Å². The van der Waals surface area contributed by atoms with Crippen molar-refractivity contribution in [2.45, 2.75) is 46.7 Å². The van der Waals surface area contributed by atoms with Gasteiger partial charge < -0.3 is 15.3 Å². The molecule has 1 aromatic rings. The van der Waals surface area contributed by atoms with Crippen LogP contribution >= 0.6 is 0 Å². The van der Waals surface area contributed by atoms with Crippen molar-refractivity contribution < 1.29 is 5.11 Å². The van der Waals surface area contributed by atoms with Gasteiger partial charge in [0.2, 0.25) is 0 Å². The Morgan fingerprint density at radius 2 is 2.05 bits per heavy atom. The van der Waals surface area contributed by atoms with Crippen LogP contribution in [0.1, 0.15) is 30.3 Å². The molecule has 0 saturated heterocycles. The monoisotopic (exact) mass is 282 g/mol. The van der Waals surface area contributed by atoms with Crippen molar-refractivity contribution in [1.82, 2.24) is 20.0 Å². The first-order valence-corrected chi connectivity index (χ1v) is 7.49. The van der Waals surface area contributed by atoms with Crippen LogP contribution in [0.2, 0.25) is 0 Å². The predicted octanol–water partition coefficient (Wildman–Crippen LogP) is 1.10. The molecular weight excluding hydrogens is 252 g/mol. The fourth-order valence-electron chi connectivity index (χ4n) is 2.38. The molecule has 2 N–H and O–H groups in total. The van der Waals surface area contributed by atoms with Gasteiger partial charge in [-0.15, -0.1) is 0 Å². The van der Waals surface area contributed by atoms with Crippen LogP contribution in [-0.2, 0) is 6.54 Å². The maximum absolute atomic E-state index is 8.87. The SMILES string of the molecule is Cc1nn(CCCNC(C)CN(C)CCO)c(C)c1C. The van der Waals surface area contributed by atoms with Gasteiger partial charge in [0.15, 0.2) is 0 Å². The Morgan fingerprint density at radius 3 is 2.60 bits per heavy atom. The van der Waals surface area contributed by atoms with Gasteiger partial charge in [0.1, 0.15) is 0 Å². The molecule has 0 fully saturated rings. The molecule has 0 aromatic carbocycles. The summed E-state index contributed by atoms with van der Waals surface area (Å²) in [6, 6.07) is 0.439. The molecule has 1 aromatic heterocycles. The van der Waals surface area contributed by atoms with Gasteiger partial charge in [-0.1, -0.05) is 0 Å². The van der Waals surface area contributed by atoms with Crippen LogP contribution in [0.15, 0.2) is 0 Å². The Bertz CT molecular complexity index is 403. The fourth-order valence-corrected chi connectivity index (χ4v) is 2.38. The van der Waals surface area contributed by atoms with Crippen molar-refractivity contribution in [3.05, 3.63) is 17.0 Å². The molecule has 5 heteroatoms. The third kappa shape index (κ3) is 5.23. The number of nitrogens with zero attached hydrogens (tertiary/aromatic N) is 3. The van der Waals surface area contributed by atoms with Gasteiger partial charge in [-0.25, -0.2) is 0 Å². The van der Waals surface area contributed by atoms with Crippen molar-refractivity contribution in [3.8, 4) is 0 Å². The molecule has 116 valence electrons. The Balaban J connectivity index is 2.23. The number of rotatable bonds is 9. The number of aliphatic hydroxyl groups is 1. The molecular formula is C15H30N4O. The number of aliphatic hydroxyl groups excluding tert-OH is 1. The summed E-state index contributed by atoms with van der Waals surface area (Å²) >= 11 is 0. The lowest BCUT2D eigenvalue weighted by atomic mass is 10.2. The van der Waals surface area contributed by atoms with Crippen LogP contribution in [0.25, 0.3) is 0 Å². The third-order valence-electron chi connectivity index (χ3n) is 3.85. The highest BCUT2D eigenvalue weighted by molar-refractivity contribution is 5.21. The second-order valence-electron chi connectivity index (χ2n) is 5.71. The lowest BCUT2D eigenvalue weighted by molar-refractivity contribution is 0.210. The molecule has 5 nitrogen and oxygen atoms in total. The number of likely N-dealkylation sites (N-methyl/N-ethyl adjacent to an activating group) is 1. The molecule has 0 saturated carbocycles. The Morgan fingerprint density at radius 1 is 1.35 bits per heavy atom. The van der Waals surface area contributed by atoms with E-state index in [0.717, 1.165) is 38.3 Å². The smallest absolute Gasteiger partial charge is 0.0625 e. The molecule has 0 radical (unpaired) electrons. The highest BCUT2D eigenvalue weighted by Crippen LogP contribution is 2.10. The van der Waals surface area contributed by atoms with Crippen molar-refractivity contribution in [1.29, 1.82) is 0 Å². The summed E-state index contributed by atoms with van der Waals surface area (Å²) in [5.74, 6) is 0. The van der Waals surface area contributed by atoms with E-state index in [0.29, 0.717) is 6.04 Å². The van der Waals surface area contributed by atoms with Gasteiger partial charge in [-0.3, -0.25) is 4.68 Å².